The molecule has 0 aromatic rings. The maximum absolute atomic E-state index is 10.8. The number of hydrogen-bond acceptors (Lipinski definition) is 1. The minimum Gasteiger partial charge on any atom is -0.303 e. The van der Waals surface area contributed by atoms with E-state index in [0.29, 0.717) is 0 Å². The Hall–Kier alpha value is 0.460. The second kappa shape index (κ2) is 4.35. The fourth-order valence-electron chi connectivity index (χ4n) is 0.0945. The van der Waals surface area contributed by atoms with E-state index in [4.69, 9.17) is 4.79 Å². The van der Waals surface area contributed by atoms with Crippen LogP contribution in [-0.2, 0) is 4.79 Å². The zero-order chi connectivity index (χ0) is 5.91. The van der Waals surface area contributed by atoms with E-state index in [1.807, 2.05) is 0 Å². The van der Waals surface area contributed by atoms with E-state index in [2.05, 4.69) is 0 Å². The summed E-state index contributed by atoms with van der Waals surface area (Å²) >= 11 is 0. The monoisotopic (exact) mass is 135 g/mol. The summed E-state index contributed by atoms with van der Waals surface area (Å²) in [6.45, 7) is 0. The molecule has 0 rings (SSSR count). The molecule has 0 aliphatic heterocycles. The summed E-state index contributed by atoms with van der Waals surface area (Å²) in [7, 11) is 0. The third kappa shape index (κ3) is 9.68. The molecule has 1 nitrogen and oxygen atoms in total. The van der Waals surface area contributed by atoms with Crippen LogP contribution in [0.3, 0.4) is 0 Å². The molecule has 0 unspecified atom stereocenters. The Balaban J connectivity index is 0. The summed E-state index contributed by atoms with van der Waals surface area (Å²) < 4.78 is 32.5. The van der Waals surface area contributed by atoms with Gasteiger partial charge in [-0.05, 0) is 0 Å². The number of halogens is 3. The van der Waals surface area contributed by atoms with Gasteiger partial charge in [0, 0.05) is 29.6 Å². The molecule has 0 aliphatic rings. The van der Waals surface area contributed by atoms with Gasteiger partial charge in [-0.15, -0.1) is 0 Å². The van der Waals surface area contributed by atoms with Gasteiger partial charge in [-0.25, -0.2) is 0 Å². The smallest absolute Gasteiger partial charge is 0.303 e. The number of carbonyl (C=O) groups is 1. The first-order chi connectivity index (χ1) is 3.06. The van der Waals surface area contributed by atoms with Crippen molar-refractivity contribution in [2.24, 2.45) is 0 Å². The molecule has 0 atom stereocenters. The first kappa shape index (κ1) is 11.3. The van der Waals surface area contributed by atoms with Gasteiger partial charge >= 0.3 is 6.18 Å². The van der Waals surface area contributed by atoms with Crippen LogP contribution in [-0.4, -0.2) is 42.0 Å². The molecule has 0 aromatic heterocycles. The molecule has 0 aromatic carbocycles. The van der Waals surface area contributed by atoms with Gasteiger partial charge in [0.25, 0.3) is 0 Å². The average Bonchev–Trinajstić information content (AvgIpc) is 1.30. The van der Waals surface area contributed by atoms with Gasteiger partial charge in [0.05, 0.1) is 6.42 Å². The maximum Gasteiger partial charge on any atom is 0.395 e. The molecular formula is C3H3F3NaO. The molecule has 0 heterocycles. The van der Waals surface area contributed by atoms with Crippen molar-refractivity contribution >= 4 is 35.8 Å². The zero-order valence-electron chi connectivity index (χ0n) is 4.33. The van der Waals surface area contributed by atoms with Crippen LogP contribution >= 0.6 is 0 Å². The van der Waals surface area contributed by atoms with E-state index >= 15 is 0 Å². The Morgan fingerprint density at radius 3 is 1.75 bits per heavy atom. The number of rotatable bonds is 1. The topological polar surface area (TPSA) is 17.1 Å². The van der Waals surface area contributed by atoms with E-state index in [1.165, 1.54) is 0 Å². The summed E-state index contributed by atoms with van der Waals surface area (Å²) in [5.74, 6) is 0. The standard InChI is InChI=1S/C3H3F3O.Na/c4-3(5,6)1-2-7;/h2H,1H2;. The van der Waals surface area contributed by atoms with Gasteiger partial charge in [-0.3, -0.25) is 0 Å². The SMILES string of the molecule is O=CCC(F)(F)F.[Na]. The van der Waals surface area contributed by atoms with E-state index in [9.17, 15) is 13.2 Å². The van der Waals surface area contributed by atoms with Crippen molar-refractivity contribution in [3.63, 3.8) is 0 Å². The normalized spacial score (nSPS) is 9.88. The molecule has 8 heavy (non-hydrogen) atoms. The maximum atomic E-state index is 10.8. The second-order valence-corrected chi connectivity index (χ2v) is 0.986. The summed E-state index contributed by atoms with van der Waals surface area (Å²) in [4.78, 5) is 9.10. The fourth-order valence-corrected chi connectivity index (χ4v) is 0.0945. The molecule has 0 saturated carbocycles. The first-order valence-corrected chi connectivity index (χ1v) is 1.56. The Morgan fingerprint density at radius 2 is 1.75 bits per heavy atom. The van der Waals surface area contributed by atoms with Gasteiger partial charge in [-0.1, -0.05) is 0 Å². The summed E-state index contributed by atoms with van der Waals surface area (Å²) in [5, 5.41) is 0. The largest absolute Gasteiger partial charge is 0.395 e. The predicted octanol–water partition coefficient (Wildman–Crippen LogP) is 0.757. The number of carbonyl (C=O) groups excluding carboxylic acids is 1. The number of aldehydes is 1. The van der Waals surface area contributed by atoms with Crippen molar-refractivity contribution in [1.82, 2.24) is 0 Å². The van der Waals surface area contributed by atoms with E-state index in [0.717, 1.165) is 0 Å². The quantitative estimate of drug-likeness (QED) is 0.383. The average molecular weight is 135 g/mol. The first-order valence-electron chi connectivity index (χ1n) is 1.56. The molecule has 5 heteroatoms. The van der Waals surface area contributed by atoms with Crippen molar-refractivity contribution in [2.45, 2.75) is 12.6 Å². The van der Waals surface area contributed by atoms with Crippen LogP contribution in [0.5, 0.6) is 0 Å². The molecule has 0 aliphatic carbocycles. The third-order valence-corrected chi connectivity index (χ3v) is 0.315. The van der Waals surface area contributed by atoms with Crippen molar-refractivity contribution in [3.8, 4) is 0 Å². The van der Waals surface area contributed by atoms with Gasteiger partial charge < -0.3 is 4.79 Å². The Bertz CT molecular complexity index is 69.4. The Morgan fingerprint density at radius 1 is 1.38 bits per heavy atom. The summed E-state index contributed by atoms with van der Waals surface area (Å²) in [5.41, 5.74) is 0. The number of alkyl halides is 3. The fraction of sp³-hybridized carbons (Fsp3) is 0.667. The predicted molar refractivity (Wildman–Crippen MR) is 22.5 cm³/mol. The van der Waals surface area contributed by atoms with Crippen LogP contribution in [0, 0.1) is 0 Å². The van der Waals surface area contributed by atoms with Crippen molar-refractivity contribution in [1.29, 1.82) is 0 Å². The van der Waals surface area contributed by atoms with E-state index < -0.39 is 12.6 Å². The molecule has 0 amide bonds. The summed E-state index contributed by atoms with van der Waals surface area (Å²) in [6, 6.07) is 0. The molecular weight excluding hydrogens is 132 g/mol. The number of hydrogen-bond donors (Lipinski definition) is 0. The van der Waals surface area contributed by atoms with Crippen molar-refractivity contribution < 1.29 is 18.0 Å². The summed E-state index contributed by atoms with van der Waals surface area (Å²) in [6.07, 6.45) is -5.82. The van der Waals surface area contributed by atoms with Crippen LogP contribution in [0.25, 0.3) is 0 Å². The Labute approximate surface area is 66.5 Å². The Kier molecular flexibility index (Phi) is 6.13. The van der Waals surface area contributed by atoms with E-state index in [1.54, 1.807) is 0 Å². The van der Waals surface area contributed by atoms with Crippen molar-refractivity contribution in [3.05, 3.63) is 0 Å². The van der Waals surface area contributed by atoms with Crippen LogP contribution in [0.2, 0.25) is 0 Å². The molecule has 0 spiro atoms. The van der Waals surface area contributed by atoms with Gasteiger partial charge in [0.2, 0.25) is 0 Å². The molecule has 0 N–H and O–H groups in total. The van der Waals surface area contributed by atoms with E-state index in [-0.39, 0.29) is 35.8 Å². The van der Waals surface area contributed by atoms with Crippen molar-refractivity contribution in [2.75, 3.05) is 0 Å². The van der Waals surface area contributed by atoms with Crippen LogP contribution in [0.4, 0.5) is 13.2 Å². The molecule has 0 bridgehead atoms. The van der Waals surface area contributed by atoms with Crippen LogP contribution in [0.1, 0.15) is 6.42 Å². The molecule has 43 valence electrons. The van der Waals surface area contributed by atoms with Gasteiger partial charge in [-0.2, -0.15) is 13.2 Å². The van der Waals surface area contributed by atoms with Gasteiger partial charge in [0.15, 0.2) is 0 Å². The minimum absolute atomic E-state index is 0. The molecule has 0 fully saturated rings. The molecule has 1 radical (unpaired) electrons. The zero-order valence-corrected chi connectivity index (χ0v) is 6.33. The third-order valence-electron chi connectivity index (χ3n) is 0.315. The van der Waals surface area contributed by atoms with Gasteiger partial charge in [0.1, 0.15) is 6.29 Å². The van der Waals surface area contributed by atoms with Crippen LogP contribution in [0.15, 0.2) is 0 Å². The minimum atomic E-state index is -4.32. The molecule has 0 saturated heterocycles. The van der Waals surface area contributed by atoms with Crippen LogP contribution < -0.4 is 0 Å². The second-order valence-electron chi connectivity index (χ2n) is 0.986.